The monoisotopic (exact) mass is 286 g/mol. The molecule has 2 heterocycles. The zero-order valence-electron chi connectivity index (χ0n) is 10.9. The van der Waals surface area contributed by atoms with E-state index in [0.717, 1.165) is 47.6 Å². The summed E-state index contributed by atoms with van der Waals surface area (Å²) in [6.45, 7) is 4.14. The van der Waals surface area contributed by atoms with Crippen LogP contribution in [0.4, 0.5) is 4.39 Å². The number of ketones is 1. The average Bonchev–Trinajstić information content (AvgIpc) is 2.93. The summed E-state index contributed by atoms with van der Waals surface area (Å²) in [6.07, 6.45) is 3.84. The summed E-state index contributed by atoms with van der Waals surface area (Å²) in [5.41, 5.74) is 0.790. The molecular formula is C14H19FOS2. The topological polar surface area (TPSA) is 17.1 Å². The molecular weight excluding hydrogens is 267 g/mol. The number of carbonyl (C=O) groups excluding carboxylic acids is 1. The van der Waals surface area contributed by atoms with Gasteiger partial charge in [0.1, 0.15) is 10.7 Å². The Morgan fingerprint density at radius 2 is 2.17 bits per heavy atom. The summed E-state index contributed by atoms with van der Waals surface area (Å²) in [5.74, 6) is 1.42. The highest BCUT2D eigenvalue weighted by molar-refractivity contribution is 7.98. The fourth-order valence-corrected chi connectivity index (χ4v) is 4.87. The van der Waals surface area contributed by atoms with E-state index in [0.29, 0.717) is 4.88 Å². The number of hydrogen-bond acceptors (Lipinski definition) is 3. The predicted octanol–water partition coefficient (Wildman–Crippen LogP) is 5.03. The molecule has 1 nitrogen and oxygen atoms in total. The lowest BCUT2D eigenvalue weighted by Gasteiger charge is -2.12. The largest absolute Gasteiger partial charge is 0.293 e. The molecule has 0 fully saturated rings. The van der Waals surface area contributed by atoms with E-state index in [-0.39, 0.29) is 17.5 Å². The van der Waals surface area contributed by atoms with Crippen LogP contribution in [-0.4, -0.2) is 5.78 Å². The number of fused-ring (bicyclic) bond motifs is 1. The third-order valence-electron chi connectivity index (χ3n) is 3.50. The van der Waals surface area contributed by atoms with Crippen molar-refractivity contribution in [3.05, 3.63) is 21.1 Å². The van der Waals surface area contributed by atoms with Gasteiger partial charge in [-0.1, -0.05) is 26.7 Å². The van der Waals surface area contributed by atoms with Crippen LogP contribution in [0.15, 0.2) is 0 Å². The molecule has 1 atom stereocenters. The fourth-order valence-electron chi connectivity index (χ4n) is 2.31. The number of carbonyl (C=O) groups is 1. The van der Waals surface area contributed by atoms with Crippen molar-refractivity contribution in [3.8, 4) is 0 Å². The van der Waals surface area contributed by atoms with Gasteiger partial charge < -0.3 is 0 Å². The van der Waals surface area contributed by atoms with Gasteiger partial charge in [0, 0.05) is 27.9 Å². The zero-order chi connectivity index (χ0) is 13.1. The van der Waals surface area contributed by atoms with Crippen molar-refractivity contribution in [1.82, 2.24) is 0 Å². The summed E-state index contributed by atoms with van der Waals surface area (Å²) < 4.78 is 14.2. The van der Waals surface area contributed by atoms with Crippen LogP contribution in [0.2, 0.25) is 0 Å². The van der Waals surface area contributed by atoms with E-state index in [9.17, 15) is 9.18 Å². The van der Waals surface area contributed by atoms with Crippen LogP contribution in [-0.2, 0) is 11.5 Å². The third kappa shape index (κ3) is 2.64. The summed E-state index contributed by atoms with van der Waals surface area (Å²) in [5, 5.41) is 0. The van der Waals surface area contributed by atoms with Gasteiger partial charge in [-0.05, 0) is 12.8 Å². The summed E-state index contributed by atoms with van der Waals surface area (Å²) in [6, 6.07) is 0. The first-order valence-corrected chi connectivity index (χ1v) is 8.58. The Bertz CT molecular complexity index is 439. The number of thiophene rings is 1. The van der Waals surface area contributed by atoms with Crippen LogP contribution in [0.25, 0.3) is 0 Å². The van der Waals surface area contributed by atoms with Gasteiger partial charge in [0.05, 0.1) is 0 Å². The maximum Gasteiger partial charge on any atom is 0.178 e. The minimum Gasteiger partial charge on any atom is -0.293 e. The maximum atomic E-state index is 14.2. The molecule has 0 spiro atoms. The second kappa shape index (κ2) is 6.20. The van der Waals surface area contributed by atoms with Crippen LogP contribution in [0.1, 0.15) is 59.6 Å². The molecule has 0 radical (unpaired) electrons. The average molecular weight is 286 g/mol. The first-order chi connectivity index (χ1) is 8.69. The second-order valence-corrected chi connectivity index (χ2v) is 6.84. The number of halogens is 1. The molecule has 1 aliphatic rings. The third-order valence-corrected chi connectivity index (χ3v) is 5.89. The molecule has 4 heteroatoms. The first kappa shape index (κ1) is 14.1. The van der Waals surface area contributed by atoms with Crippen LogP contribution in [0.5, 0.6) is 0 Å². The molecule has 0 amide bonds. The minimum absolute atomic E-state index is 0.00544. The Labute approximate surface area is 116 Å². The molecule has 100 valence electrons. The maximum absolute atomic E-state index is 14.2. The van der Waals surface area contributed by atoms with E-state index < -0.39 is 0 Å². The van der Waals surface area contributed by atoms with E-state index >= 15 is 0 Å². The normalized spacial score (nSPS) is 15.7. The fraction of sp³-hybridized carbons (Fsp3) is 0.643. The molecule has 1 aromatic heterocycles. The van der Waals surface area contributed by atoms with Crippen molar-refractivity contribution in [1.29, 1.82) is 0 Å². The van der Waals surface area contributed by atoms with Crippen LogP contribution >= 0.6 is 23.1 Å². The van der Waals surface area contributed by atoms with E-state index in [1.807, 2.05) is 6.92 Å². The molecule has 1 aliphatic heterocycles. The van der Waals surface area contributed by atoms with Crippen LogP contribution < -0.4 is 0 Å². The van der Waals surface area contributed by atoms with Crippen molar-refractivity contribution >= 4 is 28.9 Å². The quantitative estimate of drug-likeness (QED) is 0.682. The lowest BCUT2D eigenvalue weighted by Crippen LogP contribution is -2.14. The molecule has 1 unspecified atom stereocenters. The number of unbranched alkanes of at least 4 members (excludes halogenated alkanes) is 1. The molecule has 0 aromatic carbocycles. The number of Topliss-reactive ketones (excluding diaryl/α,β-unsaturated/α-hetero) is 1. The van der Waals surface area contributed by atoms with E-state index in [1.54, 1.807) is 11.8 Å². The molecule has 1 aromatic rings. The van der Waals surface area contributed by atoms with Crippen LogP contribution in [0.3, 0.4) is 0 Å². The van der Waals surface area contributed by atoms with E-state index in [4.69, 9.17) is 0 Å². The van der Waals surface area contributed by atoms with Gasteiger partial charge in [-0.3, -0.25) is 4.79 Å². The molecule has 0 bridgehead atoms. The van der Waals surface area contributed by atoms with Crippen LogP contribution in [0, 0.1) is 11.7 Å². The van der Waals surface area contributed by atoms with E-state index in [2.05, 4.69) is 6.92 Å². The Kier molecular flexibility index (Phi) is 4.84. The zero-order valence-corrected chi connectivity index (χ0v) is 12.6. The Morgan fingerprint density at radius 3 is 2.78 bits per heavy atom. The summed E-state index contributed by atoms with van der Waals surface area (Å²) in [7, 11) is 0. The smallest absolute Gasteiger partial charge is 0.178 e. The second-order valence-electron chi connectivity index (χ2n) is 4.75. The Hall–Kier alpha value is -0.350. The Balaban J connectivity index is 2.17. The predicted molar refractivity (Wildman–Crippen MR) is 76.9 cm³/mol. The van der Waals surface area contributed by atoms with Gasteiger partial charge in [-0.15, -0.1) is 11.3 Å². The van der Waals surface area contributed by atoms with Crippen molar-refractivity contribution < 1.29 is 9.18 Å². The highest BCUT2D eigenvalue weighted by Gasteiger charge is 2.29. The highest BCUT2D eigenvalue weighted by atomic mass is 32.2. The number of thioether (sulfide) groups is 1. The lowest BCUT2D eigenvalue weighted by atomic mass is 9.93. The molecule has 0 saturated carbocycles. The van der Waals surface area contributed by atoms with Crippen molar-refractivity contribution in [2.75, 3.05) is 0 Å². The number of rotatable bonds is 6. The number of hydrogen-bond donors (Lipinski definition) is 0. The lowest BCUT2D eigenvalue weighted by molar-refractivity contribution is 0.0908. The SMILES string of the molecule is CCCCC(CC)C(=O)c1sc2c(c1F)CSC2. The molecule has 0 N–H and O–H groups in total. The first-order valence-electron chi connectivity index (χ1n) is 6.61. The van der Waals surface area contributed by atoms with Gasteiger partial charge in [-0.2, -0.15) is 11.8 Å². The minimum atomic E-state index is -0.222. The van der Waals surface area contributed by atoms with Gasteiger partial charge in [0.15, 0.2) is 5.78 Å². The van der Waals surface area contributed by atoms with Crippen molar-refractivity contribution in [2.45, 2.75) is 51.0 Å². The van der Waals surface area contributed by atoms with Crippen molar-refractivity contribution in [2.24, 2.45) is 5.92 Å². The van der Waals surface area contributed by atoms with Gasteiger partial charge in [-0.25, -0.2) is 4.39 Å². The van der Waals surface area contributed by atoms with Gasteiger partial charge in [0.2, 0.25) is 0 Å². The summed E-state index contributed by atoms with van der Waals surface area (Å²) >= 11 is 3.12. The van der Waals surface area contributed by atoms with Gasteiger partial charge in [0.25, 0.3) is 0 Å². The van der Waals surface area contributed by atoms with Gasteiger partial charge >= 0.3 is 0 Å². The highest BCUT2D eigenvalue weighted by Crippen LogP contribution is 2.40. The molecule has 2 rings (SSSR count). The summed E-state index contributed by atoms with van der Waals surface area (Å²) in [4.78, 5) is 13.8. The Morgan fingerprint density at radius 1 is 1.39 bits per heavy atom. The van der Waals surface area contributed by atoms with E-state index in [1.165, 1.54) is 11.3 Å². The molecule has 0 aliphatic carbocycles. The van der Waals surface area contributed by atoms with Crippen molar-refractivity contribution in [3.63, 3.8) is 0 Å². The molecule has 18 heavy (non-hydrogen) atoms. The standard InChI is InChI=1S/C14H19FOS2/c1-3-5-6-9(4-2)13(16)14-12(15)10-7-17-8-11(10)18-14/h9H,3-8H2,1-2H3. The molecule has 0 saturated heterocycles.